The SMILES string of the molecule is CCCCN(CCCC(O)CC)C1CC1. The lowest BCUT2D eigenvalue weighted by molar-refractivity contribution is 0.148. The molecule has 1 aliphatic carbocycles. The van der Waals surface area contributed by atoms with E-state index >= 15 is 0 Å². The van der Waals surface area contributed by atoms with Gasteiger partial charge in [-0.3, -0.25) is 0 Å². The van der Waals surface area contributed by atoms with E-state index < -0.39 is 0 Å². The van der Waals surface area contributed by atoms with E-state index in [2.05, 4.69) is 18.7 Å². The lowest BCUT2D eigenvalue weighted by atomic mass is 10.1. The lowest BCUT2D eigenvalue weighted by Crippen LogP contribution is -2.28. The van der Waals surface area contributed by atoms with Gasteiger partial charge in [-0.2, -0.15) is 0 Å². The van der Waals surface area contributed by atoms with Crippen molar-refractivity contribution < 1.29 is 5.11 Å². The zero-order valence-electron chi connectivity index (χ0n) is 10.4. The average Bonchev–Trinajstić information content (AvgIpc) is 3.06. The maximum absolute atomic E-state index is 9.48. The highest BCUT2D eigenvalue weighted by Crippen LogP contribution is 2.27. The Morgan fingerprint density at radius 3 is 2.40 bits per heavy atom. The van der Waals surface area contributed by atoms with Crippen molar-refractivity contribution in [2.45, 2.75) is 70.9 Å². The van der Waals surface area contributed by atoms with Gasteiger partial charge >= 0.3 is 0 Å². The first-order valence-corrected chi connectivity index (χ1v) is 6.70. The van der Waals surface area contributed by atoms with E-state index in [-0.39, 0.29) is 6.10 Å². The zero-order valence-corrected chi connectivity index (χ0v) is 10.4. The molecule has 0 amide bonds. The summed E-state index contributed by atoms with van der Waals surface area (Å²) in [5, 5.41) is 9.48. The molecule has 1 rings (SSSR count). The molecule has 0 aromatic heterocycles. The third-order valence-electron chi connectivity index (χ3n) is 3.32. The third-order valence-corrected chi connectivity index (χ3v) is 3.32. The van der Waals surface area contributed by atoms with Crippen LogP contribution in [0, 0.1) is 0 Å². The molecule has 0 bridgehead atoms. The normalized spacial score (nSPS) is 18.4. The highest BCUT2D eigenvalue weighted by atomic mass is 16.3. The van der Waals surface area contributed by atoms with Crippen LogP contribution in [0.4, 0.5) is 0 Å². The first-order chi connectivity index (χ1) is 7.27. The Bertz CT molecular complexity index is 157. The molecule has 0 radical (unpaired) electrons. The van der Waals surface area contributed by atoms with Crippen LogP contribution in [0.25, 0.3) is 0 Å². The molecule has 0 aromatic carbocycles. The molecule has 2 nitrogen and oxygen atoms in total. The van der Waals surface area contributed by atoms with Gasteiger partial charge in [-0.15, -0.1) is 0 Å². The van der Waals surface area contributed by atoms with Crippen LogP contribution in [0.3, 0.4) is 0 Å². The molecule has 1 N–H and O–H groups in total. The van der Waals surface area contributed by atoms with Crippen LogP contribution in [-0.2, 0) is 0 Å². The molecule has 1 saturated carbocycles. The largest absolute Gasteiger partial charge is 0.393 e. The van der Waals surface area contributed by atoms with Crippen LogP contribution in [0.2, 0.25) is 0 Å². The minimum Gasteiger partial charge on any atom is -0.393 e. The number of unbranched alkanes of at least 4 members (excludes halogenated alkanes) is 1. The Labute approximate surface area is 94.7 Å². The zero-order chi connectivity index (χ0) is 11.1. The summed E-state index contributed by atoms with van der Waals surface area (Å²) in [4.78, 5) is 2.63. The smallest absolute Gasteiger partial charge is 0.0538 e. The van der Waals surface area contributed by atoms with Gasteiger partial charge in [0.15, 0.2) is 0 Å². The van der Waals surface area contributed by atoms with E-state index in [0.717, 1.165) is 25.3 Å². The summed E-state index contributed by atoms with van der Waals surface area (Å²) in [5.74, 6) is 0. The summed E-state index contributed by atoms with van der Waals surface area (Å²) in [6.45, 7) is 6.78. The Hall–Kier alpha value is -0.0800. The molecule has 0 heterocycles. The number of hydrogen-bond acceptors (Lipinski definition) is 2. The standard InChI is InChI=1S/C13H27NO/c1-3-5-10-14(12-8-9-12)11-6-7-13(15)4-2/h12-13,15H,3-11H2,1-2H3. The number of aliphatic hydroxyl groups excluding tert-OH is 1. The van der Waals surface area contributed by atoms with Crippen molar-refractivity contribution in [1.29, 1.82) is 0 Å². The van der Waals surface area contributed by atoms with Gasteiger partial charge in [0.1, 0.15) is 0 Å². The predicted octanol–water partition coefficient (Wildman–Crippen LogP) is 2.80. The van der Waals surface area contributed by atoms with E-state index in [1.807, 2.05) is 0 Å². The molecule has 0 aliphatic heterocycles. The van der Waals surface area contributed by atoms with E-state index in [4.69, 9.17) is 0 Å². The minimum atomic E-state index is -0.0720. The highest BCUT2D eigenvalue weighted by Gasteiger charge is 2.27. The molecule has 0 aromatic rings. The van der Waals surface area contributed by atoms with Crippen LogP contribution in [0.15, 0.2) is 0 Å². The van der Waals surface area contributed by atoms with Crippen LogP contribution in [0.1, 0.15) is 58.8 Å². The number of aliphatic hydroxyl groups is 1. The molecule has 1 fully saturated rings. The summed E-state index contributed by atoms with van der Waals surface area (Å²) in [5.41, 5.74) is 0. The summed E-state index contributed by atoms with van der Waals surface area (Å²) < 4.78 is 0. The molecule has 1 unspecified atom stereocenters. The number of hydrogen-bond donors (Lipinski definition) is 1. The molecular formula is C13H27NO. The van der Waals surface area contributed by atoms with Crippen molar-refractivity contribution in [1.82, 2.24) is 4.90 Å². The van der Waals surface area contributed by atoms with Gasteiger partial charge in [0.05, 0.1) is 6.10 Å². The third kappa shape index (κ3) is 5.53. The molecule has 0 saturated heterocycles. The van der Waals surface area contributed by atoms with Gasteiger partial charge in [-0.05, 0) is 51.6 Å². The van der Waals surface area contributed by atoms with E-state index in [1.54, 1.807) is 0 Å². The molecule has 15 heavy (non-hydrogen) atoms. The second-order valence-corrected chi connectivity index (χ2v) is 4.82. The van der Waals surface area contributed by atoms with Crippen LogP contribution in [0.5, 0.6) is 0 Å². The van der Waals surface area contributed by atoms with Crippen LogP contribution >= 0.6 is 0 Å². The fourth-order valence-corrected chi connectivity index (χ4v) is 2.01. The molecule has 1 atom stereocenters. The van der Waals surface area contributed by atoms with Gasteiger partial charge in [-0.1, -0.05) is 20.3 Å². The average molecular weight is 213 g/mol. The second-order valence-electron chi connectivity index (χ2n) is 4.82. The maximum Gasteiger partial charge on any atom is 0.0538 e. The van der Waals surface area contributed by atoms with Crippen molar-refractivity contribution in [3.8, 4) is 0 Å². The second kappa shape index (κ2) is 7.24. The van der Waals surface area contributed by atoms with Crippen LogP contribution < -0.4 is 0 Å². The van der Waals surface area contributed by atoms with E-state index in [1.165, 1.54) is 38.8 Å². The van der Waals surface area contributed by atoms with Gasteiger partial charge in [0, 0.05) is 6.04 Å². The molecule has 0 spiro atoms. The summed E-state index contributed by atoms with van der Waals surface area (Å²) in [6, 6.07) is 0.885. The van der Waals surface area contributed by atoms with E-state index in [0.29, 0.717) is 0 Å². The maximum atomic E-state index is 9.48. The fourth-order valence-electron chi connectivity index (χ4n) is 2.01. The predicted molar refractivity (Wildman–Crippen MR) is 65.0 cm³/mol. The van der Waals surface area contributed by atoms with Crippen LogP contribution in [-0.4, -0.2) is 35.2 Å². The van der Waals surface area contributed by atoms with Crippen molar-refractivity contribution in [2.75, 3.05) is 13.1 Å². The monoisotopic (exact) mass is 213 g/mol. The first kappa shape index (κ1) is 13.0. The van der Waals surface area contributed by atoms with Gasteiger partial charge < -0.3 is 10.0 Å². The molecular weight excluding hydrogens is 186 g/mol. The Balaban J connectivity index is 2.08. The van der Waals surface area contributed by atoms with Crippen molar-refractivity contribution in [3.05, 3.63) is 0 Å². The first-order valence-electron chi connectivity index (χ1n) is 6.70. The summed E-state index contributed by atoms with van der Waals surface area (Å²) in [6.07, 6.45) is 8.39. The highest BCUT2D eigenvalue weighted by molar-refractivity contribution is 4.84. The van der Waals surface area contributed by atoms with Gasteiger partial charge in [-0.25, -0.2) is 0 Å². The molecule has 2 heteroatoms. The lowest BCUT2D eigenvalue weighted by Gasteiger charge is -2.22. The van der Waals surface area contributed by atoms with Gasteiger partial charge in [0.2, 0.25) is 0 Å². The minimum absolute atomic E-state index is 0.0720. The Morgan fingerprint density at radius 2 is 1.87 bits per heavy atom. The number of rotatable bonds is 9. The summed E-state index contributed by atoms with van der Waals surface area (Å²) in [7, 11) is 0. The molecule has 90 valence electrons. The Morgan fingerprint density at radius 1 is 1.20 bits per heavy atom. The quantitative estimate of drug-likeness (QED) is 0.636. The number of nitrogens with zero attached hydrogens (tertiary/aromatic N) is 1. The summed E-state index contributed by atoms with van der Waals surface area (Å²) >= 11 is 0. The molecule has 1 aliphatic rings. The van der Waals surface area contributed by atoms with Crippen molar-refractivity contribution in [2.24, 2.45) is 0 Å². The van der Waals surface area contributed by atoms with Gasteiger partial charge in [0.25, 0.3) is 0 Å². The van der Waals surface area contributed by atoms with Crippen molar-refractivity contribution >= 4 is 0 Å². The fraction of sp³-hybridized carbons (Fsp3) is 1.00. The van der Waals surface area contributed by atoms with E-state index in [9.17, 15) is 5.11 Å². The topological polar surface area (TPSA) is 23.5 Å². The van der Waals surface area contributed by atoms with Crippen molar-refractivity contribution in [3.63, 3.8) is 0 Å². The Kier molecular flexibility index (Phi) is 6.26.